The Hall–Kier alpha value is -1.17. The van der Waals surface area contributed by atoms with Gasteiger partial charge < -0.3 is 15.8 Å². The van der Waals surface area contributed by atoms with Crippen molar-refractivity contribution < 1.29 is 4.74 Å². The van der Waals surface area contributed by atoms with E-state index in [1.54, 1.807) is 11.3 Å². The van der Waals surface area contributed by atoms with Gasteiger partial charge >= 0.3 is 0 Å². The van der Waals surface area contributed by atoms with Gasteiger partial charge in [0, 0.05) is 19.7 Å². The van der Waals surface area contributed by atoms with Crippen LogP contribution in [0.5, 0.6) is 0 Å². The topological polar surface area (TPSA) is 60.2 Å². The van der Waals surface area contributed by atoms with Gasteiger partial charge in [-0.1, -0.05) is 17.4 Å². The van der Waals surface area contributed by atoms with Crippen LogP contribution in [0.1, 0.15) is 18.9 Å². The fourth-order valence-corrected chi connectivity index (χ4v) is 3.34. The Labute approximate surface area is 117 Å². The molecule has 1 aromatic carbocycles. The molecule has 1 aliphatic heterocycles. The summed E-state index contributed by atoms with van der Waals surface area (Å²) in [5, 5.41) is 4.15. The van der Waals surface area contributed by atoms with Gasteiger partial charge in [-0.25, -0.2) is 4.98 Å². The summed E-state index contributed by atoms with van der Waals surface area (Å²) < 4.78 is 6.73. The zero-order valence-electron chi connectivity index (χ0n) is 11.1. The van der Waals surface area contributed by atoms with Crippen LogP contribution < -0.4 is 11.1 Å². The van der Waals surface area contributed by atoms with E-state index in [0.29, 0.717) is 17.2 Å². The number of rotatable bonds is 4. The number of fused-ring (bicyclic) bond motifs is 1. The molecule has 1 saturated heterocycles. The molecule has 2 unspecified atom stereocenters. The summed E-state index contributed by atoms with van der Waals surface area (Å²) in [6.45, 7) is 4.96. The van der Waals surface area contributed by atoms with Gasteiger partial charge in [0.2, 0.25) is 0 Å². The molecule has 3 N–H and O–H groups in total. The second kappa shape index (κ2) is 5.45. The molecule has 5 heteroatoms. The Bertz CT molecular complexity index is 569. The predicted molar refractivity (Wildman–Crippen MR) is 79.3 cm³/mol. The lowest BCUT2D eigenvalue weighted by atomic mass is 10.0. The molecule has 0 amide bonds. The van der Waals surface area contributed by atoms with Gasteiger partial charge in [0.05, 0.1) is 16.3 Å². The molecular formula is C14H19N3OS. The first-order chi connectivity index (χ1) is 9.22. The molecule has 0 aliphatic carbocycles. The quantitative estimate of drug-likeness (QED) is 0.901. The smallest absolute Gasteiger partial charge is 0.181 e. The number of nitrogens with two attached hydrogens (primary N) is 1. The minimum Gasteiger partial charge on any atom is -0.378 e. The first kappa shape index (κ1) is 12.8. The summed E-state index contributed by atoms with van der Waals surface area (Å²) >= 11 is 1.54. The van der Waals surface area contributed by atoms with Crippen molar-refractivity contribution in [3.63, 3.8) is 0 Å². The molecule has 102 valence electrons. The summed E-state index contributed by atoms with van der Waals surface area (Å²) in [6.07, 6.45) is 1.55. The van der Waals surface area contributed by atoms with Gasteiger partial charge in [-0.05, 0) is 37.0 Å². The van der Waals surface area contributed by atoms with Crippen LogP contribution in [0.25, 0.3) is 10.2 Å². The highest BCUT2D eigenvalue weighted by atomic mass is 32.1. The normalized spacial score (nSPS) is 23.2. The minimum atomic E-state index is 0.385. The second-order valence-corrected chi connectivity index (χ2v) is 6.17. The third-order valence-corrected chi connectivity index (χ3v) is 4.59. The third kappa shape index (κ3) is 2.88. The van der Waals surface area contributed by atoms with E-state index in [-0.39, 0.29) is 0 Å². The molecule has 19 heavy (non-hydrogen) atoms. The minimum absolute atomic E-state index is 0.385. The average molecular weight is 277 g/mol. The standard InChI is InChI=1S/C14H19N3OS/c1-9-11(4-5-18-9)8-16-7-10-2-3-12-13(6-10)19-14(15)17-12/h2-3,6,9,11,16H,4-5,7-8H2,1H3,(H2,15,17). The van der Waals surface area contributed by atoms with Gasteiger partial charge in [-0.2, -0.15) is 0 Å². The number of ether oxygens (including phenoxy) is 1. The molecule has 2 aromatic rings. The molecule has 0 bridgehead atoms. The van der Waals surface area contributed by atoms with Crippen LogP contribution >= 0.6 is 11.3 Å². The first-order valence-corrected chi connectivity index (χ1v) is 7.51. The fourth-order valence-electron chi connectivity index (χ4n) is 2.54. The summed E-state index contributed by atoms with van der Waals surface area (Å²) in [7, 11) is 0. The molecule has 2 atom stereocenters. The highest BCUT2D eigenvalue weighted by molar-refractivity contribution is 7.22. The van der Waals surface area contributed by atoms with Crippen LogP contribution in [-0.4, -0.2) is 24.2 Å². The van der Waals surface area contributed by atoms with Crippen molar-refractivity contribution in [2.24, 2.45) is 5.92 Å². The SMILES string of the molecule is CC1OCCC1CNCc1ccc2nc(N)sc2c1. The van der Waals surface area contributed by atoms with E-state index in [9.17, 15) is 0 Å². The number of aromatic nitrogens is 1. The van der Waals surface area contributed by atoms with Crippen molar-refractivity contribution in [3.05, 3.63) is 23.8 Å². The lowest BCUT2D eigenvalue weighted by molar-refractivity contribution is 0.105. The largest absolute Gasteiger partial charge is 0.378 e. The highest BCUT2D eigenvalue weighted by Crippen LogP contribution is 2.24. The summed E-state index contributed by atoms with van der Waals surface area (Å²) in [4.78, 5) is 4.27. The van der Waals surface area contributed by atoms with E-state index in [1.165, 1.54) is 12.0 Å². The van der Waals surface area contributed by atoms with Gasteiger partial charge in [0.1, 0.15) is 0 Å². The van der Waals surface area contributed by atoms with Gasteiger partial charge in [0.25, 0.3) is 0 Å². The average Bonchev–Trinajstić information content (AvgIpc) is 2.94. The molecule has 0 saturated carbocycles. The van der Waals surface area contributed by atoms with Crippen LogP contribution in [0.4, 0.5) is 5.13 Å². The number of benzene rings is 1. The molecule has 0 radical (unpaired) electrons. The molecule has 4 nitrogen and oxygen atoms in total. The van der Waals surface area contributed by atoms with E-state index < -0.39 is 0 Å². The number of hydrogen-bond donors (Lipinski definition) is 2. The first-order valence-electron chi connectivity index (χ1n) is 6.69. The number of thiazole rings is 1. The van der Waals surface area contributed by atoms with Gasteiger partial charge in [-0.15, -0.1) is 0 Å². The molecule has 3 rings (SSSR count). The number of nitrogens with zero attached hydrogens (tertiary/aromatic N) is 1. The Morgan fingerprint density at radius 3 is 3.21 bits per heavy atom. The third-order valence-electron chi connectivity index (χ3n) is 3.74. The predicted octanol–water partition coefficient (Wildman–Crippen LogP) is 2.39. The zero-order chi connectivity index (χ0) is 13.2. The van der Waals surface area contributed by atoms with Crippen molar-refractivity contribution in [1.29, 1.82) is 0 Å². The van der Waals surface area contributed by atoms with Crippen LogP contribution in [0.3, 0.4) is 0 Å². The van der Waals surface area contributed by atoms with Crippen LogP contribution in [0.2, 0.25) is 0 Å². The Morgan fingerprint density at radius 1 is 1.53 bits per heavy atom. The van der Waals surface area contributed by atoms with E-state index in [1.807, 2.05) is 6.07 Å². The van der Waals surface area contributed by atoms with Crippen LogP contribution in [0.15, 0.2) is 18.2 Å². The maximum Gasteiger partial charge on any atom is 0.181 e. The fraction of sp³-hybridized carbons (Fsp3) is 0.500. The maximum atomic E-state index is 5.72. The molecule has 2 heterocycles. The van der Waals surface area contributed by atoms with E-state index in [4.69, 9.17) is 10.5 Å². The number of nitrogen functional groups attached to an aromatic ring is 1. The Kier molecular flexibility index (Phi) is 3.68. The second-order valence-electron chi connectivity index (χ2n) is 5.11. The lowest BCUT2D eigenvalue weighted by Gasteiger charge is -2.14. The Balaban J connectivity index is 1.58. The molecule has 1 fully saturated rings. The van der Waals surface area contributed by atoms with E-state index in [0.717, 1.165) is 29.9 Å². The van der Waals surface area contributed by atoms with Crippen molar-refractivity contribution in [3.8, 4) is 0 Å². The van der Waals surface area contributed by atoms with E-state index in [2.05, 4.69) is 29.4 Å². The Morgan fingerprint density at radius 2 is 2.42 bits per heavy atom. The molecule has 0 spiro atoms. The van der Waals surface area contributed by atoms with Gasteiger partial charge in [-0.3, -0.25) is 0 Å². The number of nitrogens with one attached hydrogen (secondary N) is 1. The van der Waals surface area contributed by atoms with E-state index >= 15 is 0 Å². The number of hydrogen-bond acceptors (Lipinski definition) is 5. The lowest BCUT2D eigenvalue weighted by Crippen LogP contribution is -2.26. The van der Waals surface area contributed by atoms with Crippen molar-refractivity contribution in [2.75, 3.05) is 18.9 Å². The summed E-state index contributed by atoms with van der Waals surface area (Å²) in [5.74, 6) is 0.641. The monoisotopic (exact) mass is 277 g/mol. The molecule has 1 aliphatic rings. The number of anilines is 1. The van der Waals surface area contributed by atoms with Crippen molar-refractivity contribution in [2.45, 2.75) is 26.0 Å². The van der Waals surface area contributed by atoms with Crippen molar-refractivity contribution in [1.82, 2.24) is 10.3 Å². The highest BCUT2D eigenvalue weighted by Gasteiger charge is 2.23. The van der Waals surface area contributed by atoms with Gasteiger partial charge in [0.15, 0.2) is 5.13 Å². The van der Waals surface area contributed by atoms with Crippen molar-refractivity contribution >= 4 is 26.7 Å². The maximum absolute atomic E-state index is 5.72. The molecular weight excluding hydrogens is 258 g/mol. The summed E-state index contributed by atoms with van der Waals surface area (Å²) in [5.41, 5.74) is 7.99. The summed E-state index contributed by atoms with van der Waals surface area (Å²) in [6, 6.07) is 6.33. The molecule has 1 aromatic heterocycles. The zero-order valence-corrected chi connectivity index (χ0v) is 11.9. The van der Waals surface area contributed by atoms with Crippen LogP contribution in [-0.2, 0) is 11.3 Å². The van der Waals surface area contributed by atoms with Crippen LogP contribution in [0, 0.1) is 5.92 Å².